The van der Waals surface area contributed by atoms with Crippen LogP contribution in [0.5, 0.6) is 0 Å². The van der Waals surface area contributed by atoms with Gasteiger partial charge < -0.3 is 29.3 Å². The fourth-order valence-corrected chi connectivity index (χ4v) is 6.73. The predicted octanol–water partition coefficient (Wildman–Crippen LogP) is 10.0. The molecule has 0 spiro atoms. The summed E-state index contributed by atoms with van der Waals surface area (Å²) >= 11 is 0. The molecule has 1 rings (SSSR count). The number of ether oxygens (including phenoxy) is 3. The molecular weight excluding hydrogens is 723 g/mol. The molecule has 320 valence electrons. The van der Waals surface area contributed by atoms with E-state index in [1.165, 1.54) is 70.6 Å². The van der Waals surface area contributed by atoms with E-state index in [2.05, 4.69) is 61.8 Å². The molecule has 0 radical (unpaired) electrons. The molecule has 0 bridgehead atoms. The van der Waals surface area contributed by atoms with Crippen LogP contribution in [0.15, 0.2) is 36.5 Å². The van der Waals surface area contributed by atoms with E-state index in [1.807, 2.05) is 0 Å². The van der Waals surface area contributed by atoms with Crippen LogP contribution in [0.4, 0.5) is 0 Å². The molecule has 1 aliphatic rings. The molecule has 11 nitrogen and oxygen atoms in total. The van der Waals surface area contributed by atoms with Crippen molar-refractivity contribution in [1.29, 1.82) is 0 Å². The summed E-state index contributed by atoms with van der Waals surface area (Å²) in [6.07, 6.45) is 34.1. The van der Waals surface area contributed by atoms with Gasteiger partial charge in [-0.05, 0) is 57.3 Å². The maximum atomic E-state index is 12.6. The maximum absolute atomic E-state index is 12.6. The minimum absolute atomic E-state index is 0.116. The number of phosphoric ester groups is 1. The number of phosphoric acid groups is 1. The summed E-state index contributed by atoms with van der Waals surface area (Å²) in [5, 5.41) is 18.3. The number of rotatable bonds is 38. The van der Waals surface area contributed by atoms with Crippen LogP contribution in [0.3, 0.4) is 0 Å². The topological polar surface area (TPSA) is 161 Å². The normalized spacial score (nSPS) is 18.5. The molecule has 12 heteroatoms. The molecule has 1 aliphatic heterocycles. The molecule has 0 aromatic heterocycles. The number of hydrogen-bond donors (Lipinski definition) is 3. The van der Waals surface area contributed by atoms with Gasteiger partial charge in [-0.2, -0.15) is 0 Å². The van der Waals surface area contributed by atoms with Crippen molar-refractivity contribution in [3.8, 4) is 0 Å². The smallest absolute Gasteiger partial charge is 0.462 e. The van der Waals surface area contributed by atoms with E-state index in [4.69, 9.17) is 23.8 Å². The third-order valence-electron chi connectivity index (χ3n) is 9.76. The molecule has 0 aromatic rings. The fourth-order valence-electron chi connectivity index (χ4n) is 5.94. The minimum atomic E-state index is -4.64. The van der Waals surface area contributed by atoms with Gasteiger partial charge in [-0.3, -0.25) is 18.6 Å². The number of esters is 2. The first kappa shape index (κ1) is 51.2. The lowest BCUT2D eigenvalue weighted by atomic mass is 9.99. The Bertz CT molecular complexity index is 1090. The van der Waals surface area contributed by atoms with Gasteiger partial charge in [0.15, 0.2) is 6.10 Å². The van der Waals surface area contributed by atoms with Crippen LogP contribution in [-0.4, -0.2) is 77.9 Å². The van der Waals surface area contributed by atoms with Gasteiger partial charge in [-0.1, -0.05) is 141 Å². The number of hydrogen-bond acceptors (Lipinski definition) is 10. The second-order valence-corrected chi connectivity index (χ2v) is 16.5. The summed E-state index contributed by atoms with van der Waals surface area (Å²) < 4.78 is 38.5. The summed E-state index contributed by atoms with van der Waals surface area (Å²) in [6.45, 7) is 4.60. The largest absolute Gasteiger partial charge is 0.472 e. The second-order valence-electron chi connectivity index (χ2n) is 15.0. The summed E-state index contributed by atoms with van der Waals surface area (Å²) in [7, 11) is -4.64. The van der Waals surface area contributed by atoms with Crippen molar-refractivity contribution in [2.45, 2.75) is 193 Å². The number of aliphatic hydroxyl groups is 2. The van der Waals surface area contributed by atoms with Gasteiger partial charge in [0, 0.05) is 12.8 Å². The zero-order valence-corrected chi connectivity index (χ0v) is 35.4. The molecule has 0 saturated carbocycles. The molecule has 1 fully saturated rings. The van der Waals surface area contributed by atoms with Crippen molar-refractivity contribution in [3.63, 3.8) is 0 Å². The molecule has 4 unspecified atom stereocenters. The van der Waals surface area contributed by atoms with Crippen LogP contribution in [0.25, 0.3) is 0 Å². The van der Waals surface area contributed by atoms with Crippen LogP contribution in [-0.2, 0) is 37.4 Å². The van der Waals surface area contributed by atoms with E-state index < -0.39 is 51.8 Å². The first-order chi connectivity index (χ1) is 26.6. The predicted molar refractivity (Wildman–Crippen MR) is 218 cm³/mol. The highest BCUT2D eigenvalue weighted by Gasteiger charge is 2.36. The first-order valence-corrected chi connectivity index (χ1v) is 23.0. The van der Waals surface area contributed by atoms with Crippen molar-refractivity contribution in [2.75, 3.05) is 26.4 Å². The van der Waals surface area contributed by atoms with Crippen molar-refractivity contribution in [2.24, 2.45) is 5.92 Å². The highest BCUT2D eigenvalue weighted by molar-refractivity contribution is 7.47. The summed E-state index contributed by atoms with van der Waals surface area (Å²) in [5.41, 5.74) is 0. The Hall–Kier alpha value is -1.85. The van der Waals surface area contributed by atoms with Crippen molar-refractivity contribution >= 4 is 19.8 Å². The molecule has 6 atom stereocenters. The van der Waals surface area contributed by atoms with Crippen molar-refractivity contribution in [3.05, 3.63) is 36.5 Å². The Kier molecular flexibility index (Phi) is 31.8. The van der Waals surface area contributed by atoms with Crippen molar-refractivity contribution < 1.29 is 52.5 Å². The Morgan fingerprint density at radius 1 is 0.727 bits per heavy atom. The van der Waals surface area contributed by atoms with Crippen LogP contribution < -0.4 is 0 Å². The quantitative estimate of drug-likeness (QED) is 0.0179. The number of carbonyl (C=O) groups excluding carboxylic acids is 2. The molecule has 55 heavy (non-hydrogen) atoms. The van der Waals surface area contributed by atoms with Crippen molar-refractivity contribution in [1.82, 2.24) is 0 Å². The Morgan fingerprint density at radius 2 is 1.33 bits per heavy atom. The van der Waals surface area contributed by atoms with Gasteiger partial charge in [-0.25, -0.2) is 4.57 Å². The van der Waals surface area contributed by atoms with E-state index in [0.717, 1.165) is 57.3 Å². The zero-order chi connectivity index (χ0) is 40.4. The molecule has 0 aliphatic carbocycles. The molecule has 3 N–H and O–H groups in total. The third-order valence-corrected chi connectivity index (χ3v) is 10.7. The Balaban J connectivity index is 2.32. The summed E-state index contributed by atoms with van der Waals surface area (Å²) in [6, 6.07) is 0. The number of carbonyl (C=O) groups is 2. The monoisotopic (exact) mass is 801 g/mol. The number of aliphatic hydroxyl groups excluding tert-OH is 2. The van der Waals surface area contributed by atoms with Gasteiger partial charge in [0.25, 0.3) is 0 Å². The number of epoxide rings is 1. The van der Waals surface area contributed by atoms with E-state index >= 15 is 0 Å². The number of allylic oxidation sites excluding steroid dienone is 5. The van der Waals surface area contributed by atoms with Gasteiger partial charge in [-0.15, -0.1) is 0 Å². The summed E-state index contributed by atoms with van der Waals surface area (Å²) in [4.78, 5) is 35.1. The Labute approximate surface area is 333 Å². The molecular formula is C43H77O11P. The van der Waals surface area contributed by atoms with Gasteiger partial charge >= 0.3 is 19.8 Å². The zero-order valence-electron chi connectivity index (χ0n) is 34.5. The summed E-state index contributed by atoms with van der Waals surface area (Å²) in [5.74, 6) is -0.169. The highest BCUT2D eigenvalue weighted by Crippen LogP contribution is 2.43. The average Bonchev–Trinajstić information content (AvgIpc) is 3.93. The second kappa shape index (κ2) is 34.2. The molecule has 0 aromatic carbocycles. The molecule has 1 saturated heterocycles. The lowest BCUT2D eigenvalue weighted by molar-refractivity contribution is -0.161. The van der Waals surface area contributed by atoms with E-state index in [0.29, 0.717) is 12.8 Å². The lowest BCUT2D eigenvalue weighted by Gasteiger charge is -2.20. The average molecular weight is 801 g/mol. The third kappa shape index (κ3) is 31.9. The lowest BCUT2D eigenvalue weighted by Crippen LogP contribution is -2.29. The van der Waals surface area contributed by atoms with E-state index in [9.17, 15) is 24.2 Å². The van der Waals surface area contributed by atoms with E-state index in [-0.39, 0.29) is 31.7 Å². The van der Waals surface area contributed by atoms with E-state index in [1.54, 1.807) is 0 Å². The standard InChI is InChI=1S/C43H77O11P/c1-4-6-7-8-9-10-11-12-16-19-22-25-29-40-41(54-40)30-27-32-42(46)50-35-39(36-52-55(48,49)51-34-38(45)33-44)53-43(47)31-26-23-20-17-14-13-15-18-21-24-28-37(3)5-2/h9-10,12,16,22,25,37-41,44-45H,4-8,11,13-15,17-21,23-24,26-36H2,1-3H3,(H,48,49)/b10-9-,16-12-,25-22-/t37?,38-,39+,40?,41?/m0/s1. The minimum Gasteiger partial charge on any atom is -0.462 e. The van der Waals surface area contributed by atoms with Crippen LogP contribution in [0, 0.1) is 5.92 Å². The van der Waals surface area contributed by atoms with Crippen LogP contribution in [0.1, 0.15) is 168 Å². The fraction of sp³-hybridized carbons (Fsp3) is 0.814. The van der Waals surface area contributed by atoms with Gasteiger partial charge in [0.2, 0.25) is 0 Å². The van der Waals surface area contributed by atoms with Gasteiger partial charge in [0.05, 0.1) is 32.0 Å². The molecule has 1 heterocycles. The Morgan fingerprint density at radius 3 is 1.98 bits per heavy atom. The van der Waals surface area contributed by atoms with Crippen LogP contribution in [0.2, 0.25) is 0 Å². The van der Waals surface area contributed by atoms with Crippen LogP contribution >= 0.6 is 7.82 Å². The maximum Gasteiger partial charge on any atom is 0.472 e. The number of unbranched alkanes of at least 4 members (excludes halogenated alkanes) is 12. The SMILES string of the molecule is CCCCC/C=C\C/C=C\C/C=C\CC1OC1CCCC(=O)OC[C@H](COP(=O)(O)OC[C@@H](O)CO)OC(=O)CCCCCCCCCCCCC(C)CC. The highest BCUT2D eigenvalue weighted by atomic mass is 31.2. The van der Waals surface area contributed by atoms with Gasteiger partial charge in [0.1, 0.15) is 12.7 Å². The molecule has 0 amide bonds. The first-order valence-electron chi connectivity index (χ1n) is 21.5.